The number of benzene rings is 1. The van der Waals surface area contributed by atoms with Gasteiger partial charge in [0.15, 0.2) is 0 Å². The number of hydrogen-bond acceptors (Lipinski definition) is 0. The van der Waals surface area contributed by atoms with E-state index >= 15 is 0 Å². The zero-order valence-corrected chi connectivity index (χ0v) is 8.73. The smallest absolute Gasteiger partial charge is 0.115 e. The molecule has 0 aliphatic rings. The highest BCUT2D eigenvalue weighted by Crippen LogP contribution is 1.98. The molecule has 0 aliphatic heterocycles. The Labute approximate surface area is 84.1 Å². The highest BCUT2D eigenvalue weighted by Gasteiger charge is 1.97. The van der Waals surface area contributed by atoms with Crippen LogP contribution in [0.4, 0.5) is 4.39 Å². The maximum Gasteiger partial charge on any atom is 0.115 e. The van der Waals surface area contributed by atoms with Crippen molar-refractivity contribution in [1.82, 2.24) is 0 Å². The van der Waals surface area contributed by atoms with Gasteiger partial charge in [0.1, 0.15) is 6.67 Å². The van der Waals surface area contributed by atoms with Gasteiger partial charge in [0.05, 0.1) is 0 Å². The first kappa shape index (κ1) is 10.7. The number of rotatable bonds is 2. The van der Waals surface area contributed by atoms with Gasteiger partial charge in [-0.25, -0.2) is 4.39 Å². The van der Waals surface area contributed by atoms with E-state index in [0.717, 1.165) is 21.6 Å². The third-order valence-corrected chi connectivity index (χ3v) is 2.03. The monoisotopic (exact) mass is 190 g/mol. The lowest BCUT2D eigenvalue weighted by Crippen LogP contribution is -2.27. The molecular formula is C13H15F. The van der Waals surface area contributed by atoms with Crippen LogP contribution in [-0.4, -0.2) is 0 Å². The normalized spacial score (nSPS) is 11.8. The van der Waals surface area contributed by atoms with Crippen molar-refractivity contribution in [3.8, 4) is 0 Å². The molecule has 74 valence electrons. The highest BCUT2D eigenvalue weighted by molar-refractivity contribution is 5.46. The van der Waals surface area contributed by atoms with Crippen molar-refractivity contribution in [1.29, 1.82) is 0 Å². The lowest BCUT2D eigenvalue weighted by molar-refractivity contribution is 0.483. The molecule has 0 atom stereocenters. The highest BCUT2D eigenvalue weighted by atomic mass is 19.1. The molecule has 0 fully saturated rings. The summed E-state index contributed by atoms with van der Waals surface area (Å²) in [5.74, 6) is 0. The van der Waals surface area contributed by atoms with Crippen molar-refractivity contribution in [3.63, 3.8) is 0 Å². The van der Waals surface area contributed by atoms with E-state index < -0.39 is 6.67 Å². The van der Waals surface area contributed by atoms with Crippen LogP contribution in [0.1, 0.15) is 18.1 Å². The van der Waals surface area contributed by atoms with E-state index in [0.29, 0.717) is 5.56 Å². The van der Waals surface area contributed by atoms with Gasteiger partial charge in [-0.15, -0.1) is 0 Å². The van der Waals surface area contributed by atoms with Gasteiger partial charge in [-0.3, -0.25) is 0 Å². The summed E-state index contributed by atoms with van der Waals surface area (Å²) in [4.78, 5) is 0. The Hall–Kier alpha value is -1.37. The fraction of sp³-hybridized carbons (Fsp3) is 0.231. The number of aryl methyl sites for hydroxylation is 1. The quantitative estimate of drug-likeness (QED) is 0.671. The minimum absolute atomic E-state index is 0.455. The topological polar surface area (TPSA) is 0 Å². The average Bonchev–Trinajstić information content (AvgIpc) is 2.08. The van der Waals surface area contributed by atoms with E-state index in [-0.39, 0.29) is 0 Å². The molecule has 1 heteroatoms. The van der Waals surface area contributed by atoms with E-state index in [4.69, 9.17) is 0 Å². The molecule has 14 heavy (non-hydrogen) atoms. The van der Waals surface area contributed by atoms with Crippen LogP contribution in [-0.2, 0) is 6.67 Å². The van der Waals surface area contributed by atoms with E-state index in [1.54, 1.807) is 0 Å². The molecule has 0 spiro atoms. The molecule has 0 aliphatic carbocycles. The molecule has 0 unspecified atom stereocenters. The van der Waals surface area contributed by atoms with Gasteiger partial charge in [0.2, 0.25) is 0 Å². The fourth-order valence-corrected chi connectivity index (χ4v) is 1.50. The predicted molar refractivity (Wildman–Crippen MR) is 60.0 cm³/mol. The third kappa shape index (κ3) is 2.32. The zero-order chi connectivity index (χ0) is 10.7. The van der Waals surface area contributed by atoms with Crippen molar-refractivity contribution in [2.75, 3.05) is 0 Å². The standard InChI is InChI=1S/C13H15F/c1-9(2)5-13-11(4)6-10(3)7-12(13)8-14/h5-7H,1,4,8H2,2-3H3/b13-5+. The van der Waals surface area contributed by atoms with Crippen LogP contribution in [0.2, 0.25) is 0 Å². The van der Waals surface area contributed by atoms with Crippen molar-refractivity contribution in [2.45, 2.75) is 20.5 Å². The number of alkyl halides is 1. The molecule has 0 saturated heterocycles. The minimum atomic E-state index is -0.455. The van der Waals surface area contributed by atoms with E-state index in [1.807, 2.05) is 32.1 Å². The van der Waals surface area contributed by atoms with Gasteiger partial charge in [0.25, 0.3) is 0 Å². The van der Waals surface area contributed by atoms with Crippen molar-refractivity contribution >= 4 is 12.7 Å². The summed E-state index contributed by atoms with van der Waals surface area (Å²) >= 11 is 0. The van der Waals surface area contributed by atoms with E-state index in [1.165, 1.54) is 0 Å². The van der Waals surface area contributed by atoms with Crippen LogP contribution in [0.5, 0.6) is 0 Å². The number of allylic oxidation sites excluding steroid dienone is 1. The van der Waals surface area contributed by atoms with Crippen LogP contribution in [0.15, 0.2) is 24.3 Å². The van der Waals surface area contributed by atoms with Crippen LogP contribution in [0.3, 0.4) is 0 Å². The second-order valence-electron chi connectivity index (χ2n) is 3.62. The Balaban J connectivity index is 3.56. The van der Waals surface area contributed by atoms with Gasteiger partial charge in [-0.1, -0.05) is 42.5 Å². The van der Waals surface area contributed by atoms with Gasteiger partial charge < -0.3 is 0 Å². The largest absolute Gasteiger partial charge is 0.246 e. The predicted octanol–water partition coefficient (Wildman–Crippen LogP) is 2.23. The van der Waals surface area contributed by atoms with Crippen LogP contribution in [0.25, 0.3) is 12.7 Å². The molecule has 0 N–H and O–H groups in total. The molecule has 0 aromatic heterocycles. The lowest BCUT2D eigenvalue weighted by Gasteiger charge is -2.01. The molecule has 0 bridgehead atoms. The Morgan fingerprint density at radius 2 is 2.14 bits per heavy atom. The molecule has 0 heterocycles. The maximum absolute atomic E-state index is 12.7. The van der Waals surface area contributed by atoms with Crippen molar-refractivity contribution in [3.05, 3.63) is 45.8 Å². The van der Waals surface area contributed by atoms with Gasteiger partial charge in [0, 0.05) is 0 Å². The Morgan fingerprint density at radius 1 is 1.50 bits per heavy atom. The Bertz CT molecular complexity index is 455. The summed E-state index contributed by atoms with van der Waals surface area (Å²) < 4.78 is 12.7. The van der Waals surface area contributed by atoms with Crippen LogP contribution in [0, 0.1) is 6.92 Å². The molecule has 0 saturated carbocycles. The summed E-state index contributed by atoms with van der Waals surface area (Å²) in [6.45, 7) is 11.1. The molecule has 1 aromatic rings. The number of halogens is 1. The minimum Gasteiger partial charge on any atom is -0.246 e. The summed E-state index contributed by atoms with van der Waals surface area (Å²) in [7, 11) is 0. The fourth-order valence-electron chi connectivity index (χ4n) is 1.50. The first-order valence-corrected chi connectivity index (χ1v) is 4.56. The van der Waals surface area contributed by atoms with Gasteiger partial charge >= 0.3 is 0 Å². The maximum atomic E-state index is 12.7. The Morgan fingerprint density at radius 3 is 2.64 bits per heavy atom. The molecule has 0 amide bonds. The first-order chi connectivity index (χ1) is 6.54. The second kappa shape index (κ2) is 4.23. The second-order valence-corrected chi connectivity index (χ2v) is 3.62. The van der Waals surface area contributed by atoms with Crippen LogP contribution >= 0.6 is 0 Å². The summed E-state index contributed by atoms with van der Waals surface area (Å²) in [5, 5.41) is 1.73. The number of hydrogen-bond donors (Lipinski definition) is 0. The van der Waals surface area contributed by atoms with Gasteiger partial charge in [-0.05, 0) is 29.8 Å². The molecule has 1 rings (SSSR count). The molecule has 0 nitrogen and oxygen atoms in total. The summed E-state index contributed by atoms with van der Waals surface area (Å²) in [6.07, 6.45) is 1.87. The van der Waals surface area contributed by atoms with E-state index in [2.05, 4.69) is 13.2 Å². The zero-order valence-electron chi connectivity index (χ0n) is 8.73. The van der Waals surface area contributed by atoms with Crippen LogP contribution < -0.4 is 10.4 Å². The molecular weight excluding hydrogens is 175 g/mol. The Kier molecular flexibility index (Phi) is 3.23. The first-order valence-electron chi connectivity index (χ1n) is 4.56. The van der Waals surface area contributed by atoms with Gasteiger partial charge in [-0.2, -0.15) is 0 Å². The summed E-state index contributed by atoms with van der Waals surface area (Å²) in [6, 6.07) is 3.80. The van der Waals surface area contributed by atoms with E-state index in [9.17, 15) is 4.39 Å². The van der Waals surface area contributed by atoms with Crippen molar-refractivity contribution < 1.29 is 4.39 Å². The van der Waals surface area contributed by atoms with Crippen molar-refractivity contribution in [2.24, 2.45) is 0 Å². The SMILES string of the molecule is C=C(C)/C=c1/c(CF)cc(C)cc1=C. The summed E-state index contributed by atoms with van der Waals surface area (Å²) in [5.41, 5.74) is 2.65. The lowest BCUT2D eigenvalue weighted by atomic mass is 10.1. The third-order valence-electron chi connectivity index (χ3n) is 2.03. The molecule has 0 radical (unpaired) electrons. The molecule has 1 aromatic carbocycles. The average molecular weight is 190 g/mol.